The number of nitrogens with zero attached hydrogens (tertiary/aromatic N) is 3. The van der Waals surface area contributed by atoms with Crippen LogP contribution in [0.25, 0.3) is 0 Å². The molecule has 0 saturated heterocycles. The SMILES string of the molecule is N#Cc1ccc(NC(=O)c2cc3n(n2)[C@H](C(F)(F)F)C[C@H](c2ccc(Cl)cc2)N3)cc1. The topological polar surface area (TPSA) is 82.7 Å². The third-order valence-corrected chi connectivity index (χ3v) is 5.22. The quantitative estimate of drug-likeness (QED) is 0.571. The molecule has 1 amide bonds. The summed E-state index contributed by atoms with van der Waals surface area (Å²) in [5, 5.41) is 18.8. The second kappa shape index (κ2) is 7.96. The molecule has 0 aliphatic carbocycles. The van der Waals surface area contributed by atoms with Gasteiger partial charge in [0.05, 0.1) is 17.7 Å². The lowest BCUT2D eigenvalue weighted by Gasteiger charge is -2.33. The Kier molecular flexibility index (Phi) is 5.33. The number of rotatable bonds is 3. The van der Waals surface area contributed by atoms with E-state index >= 15 is 0 Å². The summed E-state index contributed by atoms with van der Waals surface area (Å²) in [5.41, 5.74) is 1.31. The van der Waals surface area contributed by atoms with Crippen molar-refractivity contribution < 1.29 is 18.0 Å². The summed E-state index contributed by atoms with van der Waals surface area (Å²) in [4.78, 5) is 12.6. The highest BCUT2D eigenvalue weighted by atomic mass is 35.5. The van der Waals surface area contributed by atoms with Gasteiger partial charge in [-0.05, 0) is 42.0 Å². The van der Waals surface area contributed by atoms with E-state index in [0.717, 1.165) is 4.68 Å². The molecule has 31 heavy (non-hydrogen) atoms. The van der Waals surface area contributed by atoms with Gasteiger partial charge in [0, 0.05) is 23.2 Å². The first-order valence-corrected chi connectivity index (χ1v) is 9.62. The Labute approximate surface area is 180 Å². The number of halogens is 4. The molecule has 158 valence electrons. The highest BCUT2D eigenvalue weighted by Gasteiger charge is 2.46. The molecule has 0 radical (unpaired) electrons. The molecule has 1 aromatic heterocycles. The lowest BCUT2D eigenvalue weighted by atomic mass is 9.97. The van der Waals surface area contributed by atoms with Crippen LogP contribution in [0.15, 0.2) is 54.6 Å². The van der Waals surface area contributed by atoms with E-state index in [9.17, 15) is 18.0 Å². The number of aromatic nitrogens is 2. The minimum atomic E-state index is -4.55. The van der Waals surface area contributed by atoms with Gasteiger partial charge in [-0.3, -0.25) is 4.79 Å². The summed E-state index contributed by atoms with van der Waals surface area (Å²) in [6.45, 7) is 0. The largest absolute Gasteiger partial charge is 0.410 e. The van der Waals surface area contributed by atoms with Crippen molar-refractivity contribution in [1.82, 2.24) is 9.78 Å². The zero-order valence-electron chi connectivity index (χ0n) is 15.8. The van der Waals surface area contributed by atoms with E-state index in [1.165, 1.54) is 30.3 Å². The molecule has 0 unspecified atom stereocenters. The number of anilines is 2. The Morgan fingerprint density at radius 2 is 1.87 bits per heavy atom. The van der Waals surface area contributed by atoms with Crippen molar-refractivity contribution in [2.24, 2.45) is 0 Å². The molecule has 10 heteroatoms. The van der Waals surface area contributed by atoms with Gasteiger partial charge in [0.1, 0.15) is 5.82 Å². The fraction of sp³-hybridized carbons (Fsp3) is 0.190. The first-order valence-electron chi connectivity index (χ1n) is 9.24. The number of nitrogens with one attached hydrogen (secondary N) is 2. The third-order valence-electron chi connectivity index (χ3n) is 4.97. The van der Waals surface area contributed by atoms with Gasteiger partial charge in [-0.1, -0.05) is 23.7 Å². The number of nitriles is 1. The molecular formula is C21H15ClF3N5O. The van der Waals surface area contributed by atoms with E-state index in [1.807, 2.05) is 6.07 Å². The fourth-order valence-electron chi connectivity index (χ4n) is 3.42. The van der Waals surface area contributed by atoms with Gasteiger partial charge in [-0.2, -0.15) is 23.5 Å². The summed E-state index contributed by atoms with van der Waals surface area (Å²) in [5.74, 6) is -0.559. The number of carbonyl (C=O) groups excluding carboxylic acids is 1. The standard InChI is InChI=1S/C21H15ClF3N5O/c22-14-5-3-13(4-6-14)16-9-18(21(23,24)25)30-19(28-16)10-17(29-30)20(31)27-15-7-1-12(11-26)2-8-15/h1-8,10,16,18,28H,9H2,(H,27,31)/t16-,18+/m1/s1. The fourth-order valence-corrected chi connectivity index (χ4v) is 3.55. The lowest BCUT2D eigenvalue weighted by Crippen LogP contribution is -2.35. The molecule has 0 fully saturated rings. The van der Waals surface area contributed by atoms with E-state index < -0.39 is 24.2 Å². The Morgan fingerprint density at radius 3 is 2.48 bits per heavy atom. The predicted octanol–water partition coefficient (Wildman–Crippen LogP) is 5.32. The van der Waals surface area contributed by atoms with Gasteiger partial charge >= 0.3 is 6.18 Å². The van der Waals surface area contributed by atoms with Crippen LogP contribution in [-0.2, 0) is 0 Å². The van der Waals surface area contributed by atoms with Crippen molar-refractivity contribution in [1.29, 1.82) is 5.26 Å². The van der Waals surface area contributed by atoms with Gasteiger partial charge < -0.3 is 10.6 Å². The summed E-state index contributed by atoms with van der Waals surface area (Å²) in [6.07, 6.45) is -4.83. The zero-order valence-corrected chi connectivity index (χ0v) is 16.6. The molecular weight excluding hydrogens is 431 g/mol. The Bertz CT molecular complexity index is 1150. The molecule has 2 aromatic carbocycles. The molecule has 3 aromatic rings. The Morgan fingerprint density at radius 1 is 1.19 bits per heavy atom. The predicted molar refractivity (Wildman–Crippen MR) is 109 cm³/mol. The molecule has 0 saturated carbocycles. The van der Waals surface area contributed by atoms with Crippen LogP contribution in [0.4, 0.5) is 24.7 Å². The van der Waals surface area contributed by atoms with Crippen molar-refractivity contribution in [3.63, 3.8) is 0 Å². The Hall–Kier alpha value is -3.51. The highest BCUT2D eigenvalue weighted by Crippen LogP contribution is 2.43. The maximum Gasteiger partial charge on any atom is 0.410 e. The van der Waals surface area contributed by atoms with Crippen molar-refractivity contribution in [3.8, 4) is 6.07 Å². The van der Waals surface area contributed by atoms with Crippen LogP contribution in [0.1, 0.15) is 40.1 Å². The van der Waals surface area contributed by atoms with Crippen LogP contribution in [0.2, 0.25) is 5.02 Å². The van der Waals surface area contributed by atoms with Crippen LogP contribution >= 0.6 is 11.6 Å². The molecule has 1 aliphatic heterocycles. The molecule has 4 rings (SSSR count). The average Bonchev–Trinajstić information content (AvgIpc) is 3.17. The minimum absolute atomic E-state index is 0.0958. The maximum absolute atomic E-state index is 13.8. The van der Waals surface area contributed by atoms with Crippen molar-refractivity contribution in [3.05, 3.63) is 76.4 Å². The number of carbonyl (C=O) groups is 1. The minimum Gasteiger partial charge on any atom is -0.363 e. The van der Waals surface area contributed by atoms with E-state index in [0.29, 0.717) is 21.8 Å². The second-order valence-electron chi connectivity index (χ2n) is 7.04. The zero-order chi connectivity index (χ0) is 22.2. The van der Waals surface area contributed by atoms with Crippen LogP contribution < -0.4 is 10.6 Å². The van der Waals surface area contributed by atoms with Gasteiger partial charge in [-0.25, -0.2) is 4.68 Å². The van der Waals surface area contributed by atoms with Gasteiger partial charge in [0.15, 0.2) is 11.7 Å². The third kappa shape index (κ3) is 4.34. The number of fused-ring (bicyclic) bond motifs is 1. The second-order valence-corrected chi connectivity index (χ2v) is 7.48. The number of amides is 1. The first kappa shape index (κ1) is 20.8. The van der Waals surface area contributed by atoms with Crippen LogP contribution in [0.3, 0.4) is 0 Å². The smallest absolute Gasteiger partial charge is 0.363 e. The molecule has 0 bridgehead atoms. The van der Waals surface area contributed by atoms with Crippen LogP contribution in [0.5, 0.6) is 0 Å². The Balaban J connectivity index is 1.62. The first-order chi connectivity index (χ1) is 14.7. The molecule has 2 heterocycles. The van der Waals surface area contributed by atoms with E-state index in [-0.39, 0.29) is 17.9 Å². The molecule has 2 N–H and O–H groups in total. The summed E-state index contributed by atoms with van der Waals surface area (Å²) >= 11 is 5.88. The van der Waals surface area contributed by atoms with Gasteiger partial charge in [-0.15, -0.1) is 0 Å². The van der Waals surface area contributed by atoms with Gasteiger partial charge in [0.2, 0.25) is 0 Å². The number of hydrogen-bond donors (Lipinski definition) is 2. The molecule has 0 spiro atoms. The summed E-state index contributed by atoms with van der Waals surface area (Å²) in [7, 11) is 0. The summed E-state index contributed by atoms with van der Waals surface area (Å²) < 4.78 is 42.1. The molecule has 2 atom stereocenters. The van der Waals surface area contributed by atoms with Crippen molar-refractivity contribution in [2.45, 2.75) is 24.7 Å². The van der Waals surface area contributed by atoms with E-state index in [2.05, 4.69) is 15.7 Å². The van der Waals surface area contributed by atoms with Crippen molar-refractivity contribution in [2.75, 3.05) is 10.6 Å². The average molecular weight is 446 g/mol. The normalized spacial score (nSPS) is 17.9. The lowest BCUT2D eigenvalue weighted by molar-refractivity contribution is -0.173. The van der Waals surface area contributed by atoms with Crippen LogP contribution in [0, 0.1) is 11.3 Å². The highest BCUT2D eigenvalue weighted by molar-refractivity contribution is 6.30. The molecule has 1 aliphatic rings. The maximum atomic E-state index is 13.8. The monoisotopic (exact) mass is 445 g/mol. The van der Waals surface area contributed by atoms with Crippen LogP contribution in [-0.4, -0.2) is 21.9 Å². The summed E-state index contributed by atoms with van der Waals surface area (Å²) in [6, 6.07) is 13.4. The van der Waals surface area contributed by atoms with Gasteiger partial charge in [0.25, 0.3) is 5.91 Å². The number of hydrogen-bond acceptors (Lipinski definition) is 4. The number of alkyl halides is 3. The van der Waals surface area contributed by atoms with E-state index in [4.69, 9.17) is 16.9 Å². The van der Waals surface area contributed by atoms with E-state index in [1.54, 1.807) is 24.3 Å². The van der Waals surface area contributed by atoms with Crippen molar-refractivity contribution >= 4 is 29.0 Å². The molecule has 6 nitrogen and oxygen atoms in total. The number of benzene rings is 2.